The average molecular weight is 258 g/mol. The molecule has 1 aliphatic heterocycles. The minimum atomic E-state index is -1.20. The van der Waals surface area contributed by atoms with Crippen LogP contribution in [0.5, 0.6) is 0 Å². The van der Waals surface area contributed by atoms with Crippen molar-refractivity contribution in [3.8, 4) is 0 Å². The highest BCUT2D eigenvalue weighted by molar-refractivity contribution is 5.64. The van der Waals surface area contributed by atoms with Gasteiger partial charge in [-0.05, 0) is 12.8 Å². The Labute approximate surface area is 102 Å². The maximum absolute atomic E-state index is 13.4. The molecule has 98 valence electrons. The molecule has 1 fully saturated rings. The fourth-order valence-corrected chi connectivity index (χ4v) is 2.15. The molecule has 0 bridgehead atoms. The molecule has 0 aliphatic carbocycles. The zero-order chi connectivity index (χ0) is 13.3. The second-order valence-electron chi connectivity index (χ2n) is 4.25. The Kier molecular flexibility index (Phi) is 3.42. The molecule has 1 atom stereocenters. The minimum Gasteiger partial charge on any atom is -0.391 e. The minimum absolute atomic E-state index is 0.115. The number of rotatable bonds is 2. The molecule has 1 N–H and O–H groups in total. The van der Waals surface area contributed by atoms with Crippen LogP contribution in [0.3, 0.4) is 0 Å². The SMILES string of the molecule is O=[N+]([O-])c1c(F)cc(F)cc1N1CCCC(O)C1. The number of aliphatic hydroxyl groups excluding tert-OH is 1. The van der Waals surface area contributed by atoms with Gasteiger partial charge in [-0.1, -0.05) is 0 Å². The van der Waals surface area contributed by atoms with Gasteiger partial charge in [0.2, 0.25) is 5.82 Å². The Morgan fingerprint density at radius 3 is 2.78 bits per heavy atom. The van der Waals surface area contributed by atoms with E-state index in [0.29, 0.717) is 25.5 Å². The number of benzene rings is 1. The second-order valence-corrected chi connectivity index (χ2v) is 4.25. The molecule has 1 saturated heterocycles. The molecule has 0 radical (unpaired) electrons. The maximum atomic E-state index is 13.4. The van der Waals surface area contributed by atoms with E-state index in [0.717, 1.165) is 6.07 Å². The molecule has 0 saturated carbocycles. The molecule has 7 heteroatoms. The molecule has 1 aromatic carbocycles. The molecule has 0 spiro atoms. The van der Waals surface area contributed by atoms with E-state index in [1.807, 2.05) is 0 Å². The largest absolute Gasteiger partial charge is 0.391 e. The molecular formula is C11H12F2N2O3. The van der Waals surface area contributed by atoms with Crippen molar-refractivity contribution in [2.45, 2.75) is 18.9 Å². The van der Waals surface area contributed by atoms with E-state index in [1.54, 1.807) is 0 Å². The first-order valence-corrected chi connectivity index (χ1v) is 5.55. The van der Waals surface area contributed by atoms with Crippen LogP contribution >= 0.6 is 0 Å². The first-order valence-electron chi connectivity index (χ1n) is 5.55. The molecule has 0 amide bonds. The van der Waals surface area contributed by atoms with Gasteiger partial charge in [0.05, 0.1) is 11.0 Å². The van der Waals surface area contributed by atoms with Crippen LogP contribution in [0.1, 0.15) is 12.8 Å². The van der Waals surface area contributed by atoms with E-state index < -0.39 is 28.3 Å². The predicted octanol–water partition coefficient (Wildman–Crippen LogP) is 1.83. The van der Waals surface area contributed by atoms with Gasteiger partial charge >= 0.3 is 5.69 Å². The third kappa shape index (κ3) is 2.40. The van der Waals surface area contributed by atoms with Gasteiger partial charge in [-0.2, -0.15) is 4.39 Å². The average Bonchev–Trinajstić information content (AvgIpc) is 2.27. The summed E-state index contributed by atoms with van der Waals surface area (Å²) >= 11 is 0. The van der Waals surface area contributed by atoms with Crippen molar-refractivity contribution in [1.29, 1.82) is 0 Å². The zero-order valence-corrected chi connectivity index (χ0v) is 9.47. The molecule has 2 rings (SSSR count). The lowest BCUT2D eigenvalue weighted by molar-refractivity contribution is -0.386. The first kappa shape index (κ1) is 12.7. The summed E-state index contributed by atoms with van der Waals surface area (Å²) in [5.74, 6) is -2.07. The van der Waals surface area contributed by atoms with Gasteiger partial charge in [0, 0.05) is 25.2 Å². The van der Waals surface area contributed by atoms with Gasteiger partial charge in [-0.15, -0.1) is 0 Å². The number of hydrogen-bond donors (Lipinski definition) is 1. The van der Waals surface area contributed by atoms with E-state index in [-0.39, 0.29) is 12.2 Å². The Balaban J connectivity index is 2.44. The number of piperidine rings is 1. The van der Waals surface area contributed by atoms with Crippen molar-refractivity contribution in [3.05, 3.63) is 33.9 Å². The van der Waals surface area contributed by atoms with Crippen LogP contribution in [0, 0.1) is 21.7 Å². The van der Waals surface area contributed by atoms with Gasteiger partial charge in [0.15, 0.2) is 0 Å². The third-order valence-corrected chi connectivity index (χ3v) is 2.93. The van der Waals surface area contributed by atoms with Crippen LogP contribution in [0.4, 0.5) is 20.2 Å². The zero-order valence-electron chi connectivity index (χ0n) is 9.47. The fourth-order valence-electron chi connectivity index (χ4n) is 2.15. The Morgan fingerprint density at radius 2 is 2.17 bits per heavy atom. The van der Waals surface area contributed by atoms with Crippen LogP contribution in [-0.4, -0.2) is 29.2 Å². The third-order valence-electron chi connectivity index (χ3n) is 2.93. The van der Waals surface area contributed by atoms with Crippen LogP contribution < -0.4 is 4.90 Å². The normalized spacial score (nSPS) is 19.9. The lowest BCUT2D eigenvalue weighted by atomic mass is 10.1. The first-order chi connectivity index (χ1) is 8.49. The number of nitro benzene ring substituents is 1. The van der Waals surface area contributed by atoms with Crippen molar-refractivity contribution in [1.82, 2.24) is 0 Å². The standard InChI is InChI=1S/C11H12F2N2O3/c12-7-4-9(13)11(15(17)18)10(5-7)14-3-1-2-8(16)6-14/h4-5,8,16H,1-3,6H2. The van der Waals surface area contributed by atoms with Crippen molar-refractivity contribution < 1.29 is 18.8 Å². The maximum Gasteiger partial charge on any atom is 0.328 e. The molecular weight excluding hydrogens is 246 g/mol. The summed E-state index contributed by atoms with van der Waals surface area (Å²) < 4.78 is 26.6. The lowest BCUT2D eigenvalue weighted by Gasteiger charge is -2.31. The van der Waals surface area contributed by atoms with E-state index in [1.165, 1.54) is 4.90 Å². The number of nitro groups is 1. The van der Waals surface area contributed by atoms with E-state index in [4.69, 9.17) is 0 Å². The monoisotopic (exact) mass is 258 g/mol. The predicted molar refractivity (Wildman–Crippen MR) is 60.5 cm³/mol. The Morgan fingerprint density at radius 1 is 1.44 bits per heavy atom. The number of nitrogens with zero attached hydrogens (tertiary/aromatic N) is 2. The Hall–Kier alpha value is -1.76. The van der Waals surface area contributed by atoms with Crippen molar-refractivity contribution >= 4 is 11.4 Å². The molecule has 1 unspecified atom stereocenters. The molecule has 18 heavy (non-hydrogen) atoms. The molecule has 1 aliphatic rings. The van der Waals surface area contributed by atoms with Gasteiger partial charge < -0.3 is 10.0 Å². The number of aliphatic hydroxyl groups is 1. The summed E-state index contributed by atoms with van der Waals surface area (Å²) in [4.78, 5) is 11.4. The summed E-state index contributed by atoms with van der Waals surface area (Å²) in [6.07, 6.45) is 0.572. The number of hydrogen-bond acceptors (Lipinski definition) is 4. The van der Waals surface area contributed by atoms with E-state index in [2.05, 4.69) is 0 Å². The number of β-amino-alcohol motifs (C(OH)–C–C–N with tert-alkyl or cyclic N) is 1. The van der Waals surface area contributed by atoms with Crippen LogP contribution in [-0.2, 0) is 0 Å². The summed E-state index contributed by atoms with van der Waals surface area (Å²) in [6.45, 7) is 0.574. The smallest absolute Gasteiger partial charge is 0.328 e. The van der Waals surface area contributed by atoms with Gasteiger partial charge in [-0.25, -0.2) is 4.39 Å². The van der Waals surface area contributed by atoms with Gasteiger partial charge in [0.1, 0.15) is 11.5 Å². The number of halogens is 2. The van der Waals surface area contributed by atoms with Crippen molar-refractivity contribution in [2.24, 2.45) is 0 Å². The molecule has 0 aromatic heterocycles. The van der Waals surface area contributed by atoms with Gasteiger partial charge in [-0.3, -0.25) is 10.1 Å². The van der Waals surface area contributed by atoms with Gasteiger partial charge in [0.25, 0.3) is 0 Å². The van der Waals surface area contributed by atoms with Crippen LogP contribution in [0.25, 0.3) is 0 Å². The van der Waals surface area contributed by atoms with E-state index in [9.17, 15) is 24.0 Å². The summed E-state index contributed by atoms with van der Waals surface area (Å²) in [6, 6.07) is 1.42. The molecule has 1 heterocycles. The van der Waals surface area contributed by atoms with Crippen LogP contribution in [0.15, 0.2) is 12.1 Å². The highest BCUT2D eigenvalue weighted by Gasteiger charge is 2.28. The molecule has 5 nitrogen and oxygen atoms in total. The lowest BCUT2D eigenvalue weighted by Crippen LogP contribution is -2.38. The highest BCUT2D eigenvalue weighted by atomic mass is 19.1. The highest BCUT2D eigenvalue weighted by Crippen LogP contribution is 2.33. The quantitative estimate of drug-likeness (QED) is 0.649. The number of anilines is 1. The summed E-state index contributed by atoms with van der Waals surface area (Å²) in [7, 11) is 0. The van der Waals surface area contributed by atoms with Crippen molar-refractivity contribution in [3.63, 3.8) is 0 Å². The Bertz CT molecular complexity index is 482. The molecule has 1 aromatic rings. The van der Waals surface area contributed by atoms with Crippen molar-refractivity contribution in [2.75, 3.05) is 18.0 Å². The fraction of sp³-hybridized carbons (Fsp3) is 0.455. The summed E-state index contributed by atoms with van der Waals surface area (Å²) in [5.41, 5.74) is -0.859. The van der Waals surface area contributed by atoms with Crippen LogP contribution in [0.2, 0.25) is 0 Å². The second kappa shape index (κ2) is 4.85. The van der Waals surface area contributed by atoms with E-state index >= 15 is 0 Å². The topological polar surface area (TPSA) is 66.6 Å². The summed E-state index contributed by atoms with van der Waals surface area (Å²) in [5, 5.41) is 20.3.